The third kappa shape index (κ3) is 2.72. The summed E-state index contributed by atoms with van der Waals surface area (Å²) in [7, 11) is 0. The maximum atomic E-state index is 10.6. The third-order valence-electron chi connectivity index (χ3n) is 1.93. The van der Waals surface area contributed by atoms with Crippen LogP contribution in [0.1, 0.15) is 18.7 Å². The summed E-state index contributed by atoms with van der Waals surface area (Å²) in [5, 5.41) is 21.1. The second-order valence-corrected chi connectivity index (χ2v) is 4.89. The molecule has 0 saturated heterocycles. The van der Waals surface area contributed by atoms with Crippen LogP contribution in [0.2, 0.25) is 0 Å². The van der Waals surface area contributed by atoms with Gasteiger partial charge < -0.3 is 0 Å². The average Bonchev–Trinajstić information content (AvgIpc) is 2.51. The Bertz CT molecular complexity index is 399. The van der Waals surface area contributed by atoms with Crippen molar-refractivity contribution in [3.63, 3.8) is 0 Å². The molecule has 0 spiro atoms. The van der Waals surface area contributed by atoms with Crippen LogP contribution in [0.3, 0.4) is 0 Å². The summed E-state index contributed by atoms with van der Waals surface area (Å²) in [6.45, 7) is 3.00. The van der Waals surface area contributed by atoms with Crippen LogP contribution in [-0.2, 0) is 6.42 Å². The van der Waals surface area contributed by atoms with Crippen molar-refractivity contribution in [1.82, 2.24) is 0 Å². The van der Waals surface area contributed by atoms with Gasteiger partial charge in [-0.15, -0.1) is 0 Å². The van der Waals surface area contributed by atoms with Gasteiger partial charge in [0, 0.05) is 29.7 Å². The number of rotatable bonds is 4. The highest BCUT2D eigenvalue weighted by molar-refractivity contribution is 7.15. The van der Waals surface area contributed by atoms with Gasteiger partial charge in [0.15, 0.2) is 0 Å². The maximum Gasteiger partial charge on any atom is 0.324 e. The zero-order chi connectivity index (χ0) is 11.6. The lowest BCUT2D eigenvalue weighted by atomic mass is 10.0. The van der Waals surface area contributed by atoms with E-state index in [4.69, 9.17) is 0 Å². The van der Waals surface area contributed by atoms with Gasteiger partial charge in [0.25, 0.3) is 0 Å². The van der Waals surface area contributed by atoms with Crippen LogP contribution in [0.5, 0.6) is 0 Å². The molecule has 1 aromatic heterocycles. The largest absolute Gasteiger partial charge is 0.324 e. The summed E-state index contributed by atoms with van der Waals surface area (Å²) < 4.78 is 0. The average molecular weight is 230 g/mol. The Kier molecular flexibility index (Phi) is 3.04. The summed E-state index contributed by atoms with van der Waals surface area (Å²) in [6.07, 6.45) is 0.207. The first kappa shape index (κ1) is 11.6. The van der Waals surface area contributed by atoms with Crippen molar-refractivity contribution in [3.8, 4) is 0 Å². The summed E-state index contributed by atoms with van der Waals surface area (Å²) in [4.78, 5) is 20.8. The standard InChI is InChI=1S/C8H10N2O4S/c1-8(2,10(13)14)5-6-3-4-7(15-6)9(11)12/h3-4H,5H2,1-2H3. The minimum atomic E-state index is -1.08. The van der Waals surface area contributed by atoms with E-state index in [1.54, 1.807) is 6.07 Å². The lowest BCUT2D eigenvalue weighted by Gasteiger charge is -2.13. The highest BCUT2D eigenvalue weighted by Crippen LogP contribution is 2.27. The zero-order valence-electron chi connectivity index (χ0n) is 8.30. The second-order valence-electron chi connectivity index (χ2n) is 3.74. The fourth-order valence-electron chi connectivity index (χ4n) is 1.05. The van der Waals surface area contributed by atoms with Crippen LogP contribution in [0, 0.1) is 20.2 Å². The Morgan fingerprint density at radius 2 is 1.93 bits per heavy atom. The maximum absolute atomic E-state index is 10.6. The molecule has 0 aliphatic heterocycles. The van der Waals surface area contributed by atoms with E-state index in [0.29, 0.717) is 4.88 Å². The Labute approximate surface area is 89.8 Å². The zero-order valence-corrected chi connectivity index (χ0v) is 9.11. The number of nitrogens with zero attached hydrogens (tertiary/aromatic N) is 2. The molecule has 0 radical (unpaired) electrons. The monoisotopic (exact) mass is 230 g/mol. The van der Waals surface area contributed by atoms with Gasteiger partial charge in [-0.1, -0.05) is 11.3 Å². The van der Waals surface area contributed by atoms with Crippen molar-refractivity contribution < 1.29 is 9.85 Å². The topological polar surface area (TPSA) is 86.3 Å². The molecule has 0 N–H and O–H groups in total. The molecular weight excluding hydrogens is 220 g/mol. The molecule has 0 unspecified atom stereocenters. The van der Waals surface area contributed by atoms with E-state index in [1.807, 2.05) is 0 Å². The smallest absolute Gasteiger partial charge is 0.264 e. The molecule has 82 valence electrons. The molecule has 0 aliphatic carbocycles. The fourth-order valence-corrected chi connectivity index (χ4v) is 2.09. The molecule has 0 saturated carbocycles. The van der Waals surface area contributed by atoms with Gasteiger partial charge in [-0.3, -0.25) is 20.2 Å². The highest BCUT2D eigenvalue weighted by atomic mass is 32.1. The normalized spacial score (nSPS) is 11.3. The number of thiophene rings is 1. The molecule has 0 amide bonds. The van der Waals surface area contributed by atoms with Crippen LogP contribution in [0.25, 0.3) is 0 Å². The predicted molar refractivity (Wildman–Crippen MR) is 55.8 cm³/mol. The van der Waals surface area contributed by atoms with Gasteiger partial charge in [-0.2, -0.15) is 0 Å². The molecule has 6 nitrogen and oxygen atoms in total. The Morgan fingerprint density at radius 1 is 1.33 bits per heavy atom. The van der Waals surface area contributed by atoms with E-state index in [9.17, 15) is 20.2 Å². The van der Waals surface area contributed by atoms with E-state index in [2.05, 4.69) is 0 Å². The molecule has 1 aromatic rings. The molecule has 0 aliphatic rings. The predicted octanol–water partition coefficient (Wildman–Crippen LogP) is 2.25. The van der Waals surface area contributed by atoms with Gasteiger partial charge >= 0.3 is 5.00 Å². The molecule has 15 heavy (non-hydrogen) atoms. The molecule has 1 rings (SSSR count). The molecule has 0 bridgehead atoms. The first-order chi connectivity index (χ1) is 6.83. The minimum Gasteiger partial charge on any atom is -0.264 e. The SMILES string of the molecule is CC(C)(Cc1ccc([N+](=O)[O-])s1)[N+](=O)[O-]. The molecular formula is C8H10N2O4S. The van der Waals surface area contributed by atoms with Crippen molar-refractivity contribution in [2.24, 2.45) is 0 Å². The minimum absolute atomic E-state index is 0.0177. The summed E-state index contributed by atoms with van der Waals surface area (Å²) >= 11 is 0.982. The molecule has 0 atom stereocenters. The lowest BCUT2D eigenvalue weighted by Crippen LogP contribution is -2.32. The first-order valence-electron chi connectivity index (χ1n) is 4.20. The fraction of sp³-hybridized carbons (Fsp3) is 0.500. The van der Waals surface area contributed by atoms with Gasteiger partial charge in [0.2, 0.25) is 5.54 Å². The molecule has 0 fully saturated rings. The van der Waals surface area contributed by atoms with Gasteiger partial charge in [-0.25, -0.2) is 0 Å². The summed E-state index contributed by atoms with van der Waals surface area (Å²) in [6, 6.07) is 2.93. The molecule has 1 heterocycles. The number of hydrogen-bond donors (Lipinski definition) is 0. The Morgan fingerprint density at radius 3 is 2.33 bits per heavy atom. The van der Waals surface area contributed by atoms with E-state index in [0.717, 1.165) is 11.3 Å². The van der Waals surface area contributed by atoms with Crippen LogP contribution in [0.15, 0.2) is 12.1 Å². The van der Waals surface area contributed by atoms with Crippen LogP contribution in [0.4, 0.5) is 5.00 Å². The van der Waals surface area contributed by atoms with Crippen molar-refractivity contribution in [2.45, 2.75) is 25.8 Å². The van der Waals surface area contributed by atoms with Crippen molar-refractivity contribution >= 4 is 16.3 Å². The van der Waals surface area contributed by atoms with E-state index in [1.165, 1.54) is 19.9 Å². The van der Waals surface area contributed by atoms with Crippen LogP contribution < -0.4 is 0 Å². The van der Waals surface area contributed by atoms with Crippen LogP contribution >= 0.6 is 11.3 Å². The highest BCUT2D eigenvalue weighted by Gasteiger charge is 2.32. The molecule has 0 aromatic carbocycles. The van der Waals surface area contributed by atoms with Gasteiger partial charge in [0.1, 0.15) is 0 Å². The van der Waals surface area contributed by atoms with E-state index in [-0.39, 0.29) is 16.3 Å². The Hall–Kier alpha value is -1.50. The number of hydrogen-bond acceptors (Lipinski definition) is 5. The van der Waals surface area contributed by atoms with E-state index >= 15 is 0 Å². The van der Waals surface area contributed by atoms with Crippen LogP contribution in [-0.4, -0.2) is 15.4 Å². The van der Waals surface area contributed by atoms with E-state index < -0.39 is 10.5 Å². The Balaban J connectivity index is 2.82. The quantitative estimate of drug-likeness (QED) is 0.586. The summed E-state index contributed by atoms with van der Waals surface area (Å²) in [5.74, 6) is 0. The van der Waals surface area contributed by atoms with Crippen molar-refractivity contribution in [2.75, 3.05) is 0 Å². The lowest BCUT2D eigenvalue weighted by molar-refractivity contribution is -0.559. The van der Waals surface area contributed by atoms with Crippen molar-refractivity contribution in [1.29, 1.82) is 0 Å². The second kappa shape index (κ2) is 3.93. The third-order valence-corrected chi connectivity index (χ3v) is 2.97. The first-order valence-corrected chi connectivity index (χ1v) is 5.02. The number of nitro groups is 2. The molecule has 7 heteroatoms. The summed E-state index contributed by atoms with van der Waals surface area (Å²) in [5.41, 5.74) is -1.08. The van der Waals surface area contributed by atoms with Gasteiger partial charge in [-0.05, 0) is 6.07 Å². The van der Waals surface area contributed by atoms with Gasteiger partial charge in [0.05, 0.1) is 11.3 Å². The van der Waals surface area contributed by atoms with Crippen molar-refractivity contribution in [3.05, 3.63) is 37.2 Å².